The largest absolute Gasteiger partial charge is 0.356 e. The molecule has 2 rings (SSSR count). The van der Waals surface area contributed by atoms with Gasteiger partial charge in [-0.25, -0.2) is 0 Å². The Kier molecular flexibility index (Phi) is 5.82. The summed E-state index contributed by atoms with van der Waals surface area (Å²) in [6.45, 7) is 4.47. The van der Waals surface area contributed by atoms with Crippen molar-refractivity contribution in [3.63, 3.8) is 0 Å². The molecule has 4 nitrogen and oxygen atoms in total. The predicted molar refractivity (Wildman–Crippen MR) is 75.9 cm³/mol. The highest BCUT2D eigenvalue weighted by Gasteiger charge is 2.10. The summed E-state index contributed by atoms with van der Waals surface area (Å²) in [5, 5.41) is 2.96. The van der Waals surface area contributed by atoms with E-state index >= 15 is 0 Å². The molecule has 2 heterocycles. The maximum absolute atomic E-state index is 11.7. The van der Waals surface area contributed by atoms with Crippen LogP contribution in [0.5, 0.6) is 0 Å². The summed E-state index contributed by atoms with van der Waals surface area (Å²) in [7, 11) is 0. The van der Waals surface area contributed by atoms with Crippen LogP contribution in [0.4, 0.5) is 0 Å². The first-order valence-corrected chi connectivity index (χ1v) is 7.23. The summed E-state index contributed by atoms with van der Waals surface area (Å²) < 4.78 is 0. The van der Waals surface area contributed by atoms with E-state index in [9.17, 15) is 4.79 Å². The average Bonchev–Trinajstić information content (AvgIpc) is 2.92. The van der Waals surface area contributed by atoms with Crippen molar-refractivity contribution in [3.8, 4) is 0 Å². The van der Waals surface area contributed by atoms with Crippen LogP contribution in [0.15, 0.2) is 24.4 Å². The van der Waals surface area contributed by atoms with Gasteiger partial charge in [0.1, 0.15) is 0 Å². The molecule has 19 heavy (non-hydrogen) atoms. The van der Waals surface area contributed by atoms with Gasteiger partial charge in [0.2, 0.25) is 5.91 Å². The molecule has 0 spiro atoms. The van der Waals surface area contributed by atoms with Gasteiger partial charge in [0.05, 0.1) is 6.42 Å². The molecule has 0 aliphatic carbocycles. The Morgan fingerprint density at radius 1 is 1.26 bits per heavy atom. The third kappa shape index (κ3) is 5.39. The highest BCUT2D eigenvalue weighted by Crippen LogP contribution is 2.07. The number of carbonyl (C=O) groups is 1. The van der Waals surface area contributed by atoms with Crippen LogP contribution in [-0.2, 0) is 11.2 Å². The molecule has 0 unspecified atom stereocenters. The van der Waals surface area contributed by atoms with E-state index in [1.54, 1.807) is 6.20 Å². The predicted octanol–water partition coefficient (Wildman–Crippen LogP) is 1.62. The molecule has 104 valence electrons. The molecule has 1 aromatic heterocycles. The Hall–Kier alpha value is -1.42. The average molecular weight is 261 g/mol. The van der Waals surface area contributed by atoms with Crippen LogP contribution < -0.4 is 5.32 Å². The van der Waals surface area contributed by atoms with Crippen LogP contribution in [0.3, 0.4) is 0 Å². The molecule has 0 radical (unpaired) electrons. The summed E-state index contributed by atoms with van der Waals surface area (Å²) in [5.74, 6) is 0.0693. The molecule has 1 aliphatic heterocycles. The number of likely N-dealkylation sites (tertiary alicyclic amines) is 1. The van der Waals surface area contributed by atoms with Gasteiger partial charge >= 0.3 is 0 Å². The Balaban J connectivity index is 1.51. The smallest absolute Gasteiger partial charge is 0.226 e. The van der Waals surface area contributed by atoms with Crippen molar-refractivity contribution in [1.82, 2.24) is 15.2 Å². The first-order valence-electron chi connectivity index (χ1n) is 7.23. The zero-order chi connectivity index (χ0) is 13.3. The van der Waals surface area contributed by atoms with Crippen LogP contribution in [0, 0.1) is 0 Å². The van der Waals surface area contributed by atoms with E-state index in [1.807, 2.05) is 18.2 Å². The van der Waals surface area contributed by atoms with Crippen molar-refractivity contribution in [1.29, 1.82) is 0 Å². The van der Waals surface area contributed by atoms with E-state index in [0.717, 1.165) is 18.7 Å². The van der Waals surface area contributed by atoms with Crippen molar-refractivity contribution in [2.75, 3.05) is 26.2 Å². The van der Waals surface area contributed by atoms with Gasteiger partial charge in [0, 0.05) is 18.4 Å². The number of hydrogen-bond donors (Lipinski definition) is 1. The van der Waals surface area contributed by atoms with Crippen molar-refractivity contribution in [2.24, 2.45) is 0 Å². The van der Waals surface area contributed by atoms with Gasteiger partial charge in [-0.1, -0.05) is 6.07 Å². The van der Waals surface area contributed by atoms with Crippen molar-refractivity contribution >= 4 is 5.91 Å². The Labute approximate surface area is 115 Å². The molecule has 0 bridgehead atoms. The topological polar surface area (TPSA) is 45.2 Å². The van der Waals surface area contributed by atoms with Gasteiger partial charge < -0.3 is 10.2 Å². The quantitative estimate of drug-likeness (QED) is 0.759. The third-order valence-corrected chi connectivity index (χ3v) is 3.49. The zero-order valence-corrected chi connectivity index (χ0v) is 11.5. The lowest BCUT2D eigenvalue weighted by Crippen LogP contribution is -2.27. The highest BCUT2D eigenvalue weighted by atomic mass is 16.1. The van der Waals surface area contributed by atoms with Gasteiger partial charge in [-0.2, -0.15) is 0 Å². The number of pyridine rings is 1. The number of rotatable bonds is 7. The summed E-state index contributed by atoms with van der Waals surface area (Å²) in [5.41, 5.74) is 0.831. The lowest BCUT2D eigenvalue weighted by atomic mass is 10.2. The minimum atomic E-state index is 0.0693. The van der Waals surface area contributed by atoms with E-state index < -0.39 is 0 Å². The van der Waals surface area contributed by atoms with E-state index in [-0.39, 0.29) is 5.91 Å². The lowest BCUT2D eigenvalue weighted by molar-refractivity contribution is -0.120. The van der Waals surface area contributed by atoms with Gasteiger partial charge in [-0.3, -0.25) is 9.78 Å². The van der Waals surface area contributed by atoms with Crippen LogP contribution in [0.25, 0.3) is 0 Å². The number of amides is 1. The molecule has 1 N–H and O–H groups in total. The molecule has 1 aromatic rings. The fourth-order valence-electron chi connectivity index (χ4n) is 2.42. The second kappa shape index (κ2) is 7.89. The van der Waals surface area contributed by atoms with Crippen LogP contribution >= 0.6 is 0 Å². The Morgan fingerprint density at radius 3 is 2.84 bits per heavy atom. The number of unbranched alkanes of at least 4 members (excludes halogenated alkanes) is 1. The fourth-order valence-corrected chi connectivity index (χ4v) is 2.42. The number of nitrogens with zero attached hydrogens (tertiary/aromatic N) is 2. The molecule has 1 aliphatic rings. The molecule has 1 fully saturated rings. The Morgan fingerprint density at radius 2 is 2.11 bits per heavy atom. The number of nitrogens with one attached hydrogen (secondary N) is 1. The molecule has 0 atom stereocenters. The third-order valence-electron chi connectivity index (χ3n) is 3.49. The van der Waals surface area contributed by atoms with Crippen LogP contribution in [0.1, 0.15) is 31.4 Å². The van der Waals surface area contributed by atoms with E-state index in [2.05, 4.69) is 15.2 Å². The molecular formula is C15H23N3O. The molecule has 0 saturated carbocycles. The minimum absolute atomic E-state index is 0.0693. The molecule has 1 amide bonds. The minimum Gasteiger partial charge on any atom is -0.356 e. The summed E-state index contributed by atoms with van der Waals surface area (Å²) >= 11 is 0. The molecule has 1 saturated heterocycles. The second-order valence-electron chi connectivity index (χ2n) is 5.10. The van der Waals surface area contributed by atoms with Crippen molar-refractivity contribution in [2.45, 2.75) is 32.1 Å². The summed E-state index contributed by atoms with van der Waals surface area (Å²) in [4.78, 5) is 18.3. The van der Waals surface area contributed by atoms with E-state index in [4.69, 9.17) is 0 Å². The van der Waals surface area contributed by atoms with Gasteiger partial charge in [0.25, 0.3) is 0 Å². The van der Waals surface area contributed by atoms with Crippen LogP contribution in [-0.4, -0.2) is 42.0 Å². The standard InChI is InChI=1S/C15H23N3O/c19-15(13-14-7-1-2-8-16-14)17-9-3-4-10-18-11-5-6-12-18/h1-2,7-8H,3-6,9-13H2,(H,17,19). The maximum Gasteiger partial charge on any atom is 0.226 e. The Bertz CT molecular complexity index is 374. The first-order chi connectivity index (χ1) is 9.34. The van der Waals surface area contributed by atoms with Gasteiger partial charge in [-0.05, 0) is 57.5 Å². The number of carbonyl (C=O) groups excluding carboxylic acids is 1. The number of hydrogen-bond acceptors (Lipinski definition) is 3. The van der Waals surface area contributed by atoms with E-state index in [1.165, 1.54) is 38.9 Å². The zero-order valence-electron chi connectivity index (χ0n) is 11.5. The van der Waals surface area contributed by atoms with Crippen molar-refractivity contribution in [3.05, 3.63) is 30.1 Å². The SMILES string of the molecule is O=C(Cc1ccccn1)NCCCCN1CCCC1. The number of aromatic nitrogens is 1. The summed E-state index contributed by atoms with van der Waals surface area (Å²) in [6, 6.07) is 5.65. The molecule has 4 heteroatoms. The van der Waals surface area contributed by atoms with Gasteiger partial charge in [-0.15, -0.1) is 0 Å². The fraction of sp³-hybridized carbons (Fsp3) is 0.600. The first kappa shape index (κ1) is 14.0. The normalized spacial score (nSPS) is 15.6. The monoisotopic (exact) mass is 261 g/mol. The molecule has 0 aromatic carbocycles. The van der Waals surface area contributed by atoms with Crippen molar-refractivity contribution < 1.29 is 4.79 Å². The lowest BCUT2D eigenvalue weighted by Gasteiger charge is -2.13. The second-order valence-corrected chi connectivity index (χ2v) is 5.10. The van der Waals surface area contributed by atoms with E-state index in [0.29, 0.717) is 6.42 Å². The van der Waals surface area contributed by atoms with Crippen LogP contribution in [0.2, 0.25) is 0 Å². The summed E-state index contributed by atoms with van der Waals surface area (Å²) in [6.07, 6.45) is 7.03. The maximum atomic E-state index is 11.7. The van der Waals surface area contributed by atoms with Gasteiger partial charge in [0.15, 0.2) is 0 Å². The highest BCUT2D eigenvalue weighted by molar-refractivity contribution is 5.77. The molecular weight excluding hydrogens is 238 g/mol.